The van der Waals surface area contributed by atoms with E-state index in [9.17, 15) is 0 Å². The molecule has 3 rings (SSSR count). The van der Waals surface area contributed by atoms with Gasteiger partial charge in [-0.1, -0.05) is 24.3 Å². The Balaban J connectivity index is 0.00000243. The number of methoxy groups -OCH3 is 1. The Morgan fingerprint density at radius 1 is 1.38 bits per heavy atom. The fourth-order valence-electron chi connectivity index (χ4n) is 3.39. The van der Waals surface area contributed by atoms with E-state index >= 15 is 0 Å². The molecule has 0 bridgehead atoms. The Morgan fingerprint density at radius 3 is 2.88 bits per heavy atom. The Kier molecular flexibility index (Phi) is 7.89. The number of halogens is 1. The zero-order chi connectivity index (χ0) is 17.6. The summed E-state index contributed by atoms with van der Waals surface area (Å²) in [5, 5.41) is 7.78. The third-order valence-electron chi connectivity index (χ3n) is 4.65. The van der Waals surface area contributed by atoms with E-state index in [0.717, 1.165) is 32.0 Å². The van der Waals surface area contributed by atoms with Crippen LogP contribution in [0.5, 0.6) is 0 Å². The molecule has 142 valence electrons. The molecule has 0 spiro atoms. The predicted octanol–water partition coefficient (Wildman–Crippen LogP) is 2.75. The summed E-state index contributed by atoms with van der Waals surface area (Å²) in [5.41, 5.74) is 3.74. The van der Waals surface area contributed by atoms with Crippen LogP contribution in [0.2, 0.25) is 0 Å². The number of aromatic nitrogens is 2. The molecule has 2 heterocycles. The Morgan fingerprint density at radius 2 is 2.19 bits per heavy atom. The molecule has 1 aromatic carbocycles. The van der Waals surface area contributed by atoms with Gasteiger partial charge in [0.15, 0.2) is 5.96 Å². The Bertz CT molecular complexity index is 730. The third-order valence-corrected chi connectivity index (χ3v) is 4.65. The van der Waals surface area contributed by atoms with Crippen molar-refractivity contribution < 1.29 is 4.74 Å². The van der Waals surface area contributed by atoms with Crippen molar-refractivity contribution in [3.05, 3.63) is 53.3 Å². The minimum absolute atomic E-state index is 0. The number of nitrogens with one attached hydrogen (secondary N) is 1. The second kappa shape index (κ2) is 9.91. The van der Waals surface area contributed by atoms with Crippen LogP contribution in [0.3, 0.4) is 0 Å². The van der Waals surface area contributed by atoms with Crippen molar-refractivity contribution in [1.82, 2.24) is 20.0 Å². The second-order valence-electron chi connectivity index (χ2n) is 6.53. The van der Waals surface area contributed by atoms with Gasteiger partial charge in [-0.2, -0.15) is 5.10 Å². The molecule has 1 saturated heterocycles. The van der Waals surface area contributed by atoms with Gasteiger partial charge in [-0.3, -0.25) is 9.67 Å². The Labute approximate surface area is 172 Å². The summed E-state index contributed by atoms with van der Waals surface area (Å²) in [6, 6.07) is 8.46. The number of guanidine groups is 1. The third kappa shape index (κ3) is 5.20. The molecule has 0 amide bonds. The lowest BCUT2D eigenvalue weighted by Gasteiger charge is -2.21. The first kappa shape index (κ1) is 20.7. The molecule has 1 atom stereocenters. The highest BCUT2D eigenvalue weighted by molar-refractivity contribution is 14.0. The van der Waals surface area contributed by atoms with Gasteiger partial charge in [0.1, 0.15) is 0 Å². The van der Waals surface area contributed by atoms with Gasteiger partial charge < -0.3 is 15.0 Å². The van der Waals surface area contributed by atoms with Crippen molar-refractivity contribution in [3.8, 4) is 0 Å². The molecule has 1 N–H and O–H groups in total. The predicted molar refractivity (Wildman–Crippen MR) is 115 cm³/mol. The molecule has 26 heavy (non-hydrogen) atoms. The van der Waals surface area contributed by atoms with Crippen LogP contribution < -0.4 is 5.32 Å². The molecule has 0 saturated carbocycles. The molecular weight excluding hydrogens is 441 g/mol. The van der Waals surface area contributed by atoms with E-state index in [1.807, 2.05) is 25.0 Å². The molecule has 1 fully saturated rings. The van der Waals surface area contributed by atoms with Gasteiger partial charge in [0.25, 0.3) is 0 Å². The standard InChI is InChI=1S/C19H27N5O.HI/c1-20-19(21-10-15-5-4-6-16(9-15)14-25-3)24-8-7-17(13-24)18-11-22-23(2)12-18;/h4-6,9,11-12,17H,7-8,10,13-14H2,1-3H3,(H,20,21);1H. The monoisotopic (exact) mass is 469 g/mol. The normalized spacial score (nSPS) is 17.3. The molecule has 1 aromatic heterocycles. The van der Waals surface area contributed by atoms with Crippen LogP contribution in [0.15, 0.2) is 41.7 Å². The largest absolute Gasteiger partial charge is 0.380 e. The number of aliphatic imine (C=N–C) groups is 1. The maximum atomic E-state index is 5.21. The molecular formula is C19H28IN5O. The lowest BCUT2D eigenvalue weighted by Crippen LogP contribution is -2.39. The zero-order valence-electron chi connectivity index (χ0n) is 15.7. The minimum Gasteiger partial charge on any atom is -0.380 e. The van der Waals surface area contributed by atoms with E-state index in [-0.39, 0.29) is 24.0 Å². The summed E-state index contributed by atoms with van der Waals surface area (Å²) in [7, 11) is 5.54. The van der Waals surface area contributed by atoms with Crippen molar-refractivity contribution in [3.63, 3.8) is 0 Å². The second-order valence-corrected chi connectivity index (χ2v) is 6.53. The summed E-state index contributed by atoms with van der Waals surface area (Å²) in [5.74, 6) is 1.49. The molecule has 0 aliphatic carbocycles. The molecule has 6 nitrogen and oxygen atoms in total. The van der Waals surface area contributed by atoms with Gasteiger partial charge in [-0.05, 0) is 23.1 Å². The highest BCUT2D eigenvalue weighted by atomic mass is 127. The number of ether oxygens (including phenoxy) is 1. The van der Waals surface area contributed by atoms with Crippen LogP contribution >= 0.6 is 24.0 Å². The number of benzene rings is 1. The van der Waals surface area contributed by atoms with Gasteiger partial charge in [0, 0.05) is 53.0 Å². The first-order chi connectivity index (χ1) is 12.2. The smallest absolute Gasteiger partial charge is 0.193 e. The van der Waals surface area contributed by atoms with Crippen LogP contribution in [-0.4, -0.2) is 47.9 Å². The first-order valence-electron chi connectivity index (χ1n) is 8.70. The lowest BCUT2D eigenvalue weighted by molar-refractivity contribution is 0.185. The number of nitrogens with zero attached hydrogens (tertiary/aromatic N) is 4. The first-order valence-corrected chi connectivity index (χ1v) is 8.70. The summed E-state index contributed by atoms with van der Waals surface area (Å²) >= 11 is 0. The summed E-state index contributed by atoms with van der Waals surface area (Å²) in [6.45, 7) is 3.40. The maximum absolute atomic E-state index is 5.21. The quantitative estimate of drug-likeness (QED) is 0.416. The van der Waals surface area contributed by atoms with E-state index in [4.69, 9.17) is 4.74 Å². The van der Waals surface area contributed by atoms with E-state index in [2.05, 4.69) is 50.8 Å². The van der Waals surface area contributed by atoms with Crippen LogP contribution in [0, 0.1) is 0 Å². The van der Waals surface area contributed by atoms with Crippen LogP contribution in [0.1, 0.15) is 29.0 Å². The average Bonchev–Trinajstić information content (AvgIpc) is 3.25. The van der Waals surface area contributed by atoms with Crippen LogP contribution in [-0.2, 0) is 24.9 Å². The van der Waals surface area contributed by atoms with Gasteiger partial charge in [0.05, 0.1) is 12.8 Å². The lowest BCUT2D eigenvalue weighted by atomic mass is 10.0. The Hall–Kier alpha value is -1.61. The summed E-state index contributed by atoms with van der Waals surface area (Å²) < 4.78 is 7.08. The number of likely N-dealkylation sites (tertiary alicyclic amines) is 1. The fraction of sp³-hybridized carbons (Fsp3) is 0.474. The van der Waals surface area contributed by atoms with Gasteiger partial charge in [-0.25, -0.2) is 0 Å². The van der Waals surface area contributed by atoms with E-state index in [0.29, 0.717) is 12.5 Å². The number of hydrogen-bond acceptors (Lipinski definition) is 3. The fourth-order valence-corrected chi connectivity index (χ4v) is 3.39. The van der Waals surface area contributed by atoms with Gasteiger partial charge in [-0.15, -0.1) is 24.0 Å². The number of aryl methyl sites for hydroxylation is 1. The average molecular weight is 469 g/mol. The van der Waals surface area contributed by atoms with Crippen LogP contribution in [0.4, 0.5) is 0 Å². The van der Waals surface area contributed by atoms with Gasteiger partial charge in [0.2, 0.25) is 0 Å². The minimum atomic E-state index is 0. The van der Waals surface area contributed by atoms with Crippen LogP contribution in [0.25, 0.3) is 0 Å². The van der Waals surface area contributed by atoms with E-state index < -0.39 is 0 Å². The molecule has 7 heteroatoms. The van der Waals surface area contributed by atoms with Crippen molar-refractivity contribution in [1.29, 1.82) is 0 Å². The number of hydrogen-bond donors (Lipinski definition) is 1. The molecule has 1 unspecified atom stereocenters. The molecule has 0 radical (unpaired) electrons. The number of rotatable bonds is 5. The van der Waals surface area contributed by atoms with Gasteiger partial charge >= 0.3 is 0 Å². The SMILES string of the molecule is CN=C(NCc1cccc(COC)c1)N1CCC(c2cnn(C)c2)C1.I. The van der Waals surface area contributed by atoms with Crippen molar-refractivity contribution >= 4 is 29.9 Å². The van der Waals surface area contributed by atoms with E-state index in [1.54, 1.807) is 7.11 Å². The maximum Gasteiger partial charge on any atom is 0.193 e. The summed E-state index contributed by atoms with van der Waals surface area (Å²) in [4.78, 5) is 6.79. The van der Waals surface area contributed by atoms with Crippen molar-refractivity contribution in [2.45, 2.75) is 25.5 Å². The van der Waals surface area contributed by atoms with Crippen molar-refractivity contribution in [2.75, 3.05) is 27.2 Å². The van der Waals surface area contributed by atoms with E-state index in [1.165, 1.54) is 16.7 Å². The molecule has 1 aliphatic heterocycles. The van der Waals surface area contributed by atoms with Crippen molar-refractivity contribution in [2.24, 2.45) is 12.0 Å². The highest BCUT2D eigenvalue weighted by Gasteiger charge is 2.26. The molecule has 1 aliphatic rings. The molecule has 2 aromatic rings. The topological polar surface area (TPSA) is 54.7 Å². The highest BCUT2D eigenvalue weighted by Crippen LogP contribution is 2.26. The zero-order valence-corrected chi connectivity index (χ0v) is 18.0. The summed E-state index contributed by atoms with van der Waals surface area (Å²) in [6.07, 6.45) is 5.23.